The van der Waals surface area contributed by atoms with Gasteiger partial charge in [0.05, 0.1) is 0 Å². The number of nitrogens with one attached hydrogen (secondary N) is 2. The molecule has 15 heavy (non-hydrogen) atoms. The van der Waals surface area contributed by atoms with Gasteiger partial charge in [0.25, 0.3) is 0 Å². The average Bonchev–Trinajstić information content (AvgIpc) is 2.57. The minimum atomic E-state index is -0.242. The van der Waals surface area contributed by atoms with Gasteiger partial charge in [0.1, 0.15) is 13.2 Å². The lowest BCUT2D eigenvalue weighted by Crippen LogP contribution is -2.28. The normalized spacial score (nSPS) is 10.3. The van der Waals surface area contributed by atoms with E-state index in [-0.39, 0.29) is 19.1 Å². The number of aromatic nitrogens is 3. The van der Waals surface area contributed by atoms with E-state index in [1.807, 2.05) is 6.92 Å². The van der Waals surface area contributed by atoms with Crippen molar-refractivity contribution in [3.05, 3.63) is 10.6 Å². The molecule has 0 aromatic carbocycles. The van der Waals surface area contributed by atoms with Crippen molar-refractivity contribution < 1.29 is 9.90 Å². The zero-order chi connectivity index (χ0) is 11.3. The van der Waals surface area contributed by atoms with Gasteiger partial charge < -0.3 is 10.4 Å². The number of aliphatic hydroxyl groups excluding tert-OH is 1. The van der Waals surface area contributed by atoms with Crippen LogP contribution in [0.4, 0.5) is 0 Å². The van der Waals surface area contributed by atoms with Crippen LogP contribution in [-0.4, -0.2) is 32.3 Å². The molecule has 0 aliphatic rings. The van der Waals surface area contributed by atoms with Crippen molar-refractivity contribution in [3.8, 4) is 0 Å². The summed E-state index contributed by atoms with van der Waals surface area (Å²) in [4.78, 5) is 11.4. The SMILES string of the molecule is CCCNC(=O)Cn1c(CO)n[nH]c1=S. The van der Waals surface area contributed by atoms with Crippen LogP contribution in [0.5, 0.6) is 0 Å². The number of nitrogens with zero attached hydrogens (tertiary/aromatic N) is 2. The molecule has 0 fully saturated rings. The Morgan fingerprint density at radius 3 is 3.07 bits per heavy atom. The van der Waals surface area contributed by atoms with Crippen molar-refractivity contribution in [1.29, 1.82) is 0 Å². The monoisotopic (exact) mass is 230 g/mol. The zero-order valence-electron chi connectivity index (χ0n) is 8.49. The van der Waals surface area contributed by atoms with Crippen molar-refractivity contribution in [2.24, 2.45) is 0 Å². The molecule has 3 N–H and O–H groups in total. The summed E-state index contributed by atoms with van der Waals surface area (Å²) in [6.07, 6.45) is 0.884. The third-order valence-corrected chi connectivity index (χ3v) is 2.16. The number of carbonyl (C=O) groups is 1. The molecule has 0 bridgehead atoms. The van der Waals surface area contributed by atoms with Crippen LogP contribution in [0.25, 0.3) is 0 Å². The second-order valence-corrected chi connectivity index (χ2v) is 3.43. The Bertz CT molecular complexity index is 384. The largest absolute Gasteiger partial charge is 0.388 e. The summed E-state index contributed by atoms with van der Waals surface area (Å²) >= 11 is 4.92. The van der Waals surface area contributed by atoms with Gasteiger partial charge in [-0.3, -0.25) is 14.5 Å². The Hall–Kier alpha value is -1.21. The molecule has 0 atom stereocenters. The predicted octanol–water partition coefficient (Wildman–Crippen LogP) is -0.0408. The number of hydrogen-bond donors (Lipinski definition) is 3. The van der Waals surface area contributed by atoms with Gasteiger partial charge in [-0.2, -0.15) is 5.10 Å². The first-order chi connectivity index (χ1) is 7.19. The highest BCUT2D eigenvalue weighted by Gasteiger charge is 2.08. The number of amides is 1. The molecule has 0 saturated heterocycles. The van der Waals surface area contributed by atoms with Gasteiger partial charge in [-0.25, -0.2) is 0 Å². The van der Waals surface area contributed by atoms with E-state index in [9.17, 15) is 4.79 Å². The third kappa shape index (κ3) is 3.14. The number of hydrogen-bond acceptors (Lipinski definition) is 4. The lowest BCUT2D eigenvalue weighted by atomic mass is 10.4. The van der Waals surface area contributed by atoms with E-state index in [1.165, 1.54) is 4.57 Å². The fourth-order valence-corrected chi connectivity index (χ4v) is 1.31. The van der Waals surface area contributed by atoms with Crippen LogP contribution in [-0.2, 0) is 17.9 Å². The molecule has 0 unspecified atom stereocenters. The molecule has 0 saturated carbocycles. The molecule has 1 heterocycles. The topological polar surface area (TPSA) is 82.9 Å². The molecule has 1 aromatic heterocycles. The molecular formula is C8H14N4O2S. The summed E-state index contributed by atoms with van der Waals surface area (Å²) in [7, 11) is 0. The van der Waals surface area contributed by atoms with Gasteiger partial charge in [0, 0.05) is 6.54 Å². The Kier molecular flexibility index (Phi) is 4.44. The van der Waals surface area contributed by atoms with Crippen molar-refractivity contribution in [3.63, 3.8) is 0 Å². The maximum absolute atomic E-state index is 11.4. The quantitative estimate of drug-likeness (QED) is 0.620. The van der Waals surface area contributed by atoms with Gasteiger partial charge in [-0.15, -0.1) is 0 Å². The average molecular weight is 230 g/mol. The Labute approximate surface area is 92.3 Å². The van der Waals surface area contributed by atoms with E-state index in [0.29, 0.717) is 17.1 Å². The van der Waals surface area contributed by atoms with E-state index in [2.05, 4.69) is 15.5 Å². The van der Waals surface area contributed by atoms with Crippen molar-refractivity contribution in [2.75, 3.05) is 6.54 Å². The standard InChI is InChI=1S/C8H14N4O2S/c1-2-3-9-7(14)4-12-6(5-13)10-11-8(12)15/h13H,2-5H2,1H3,(H,9,14)(H,11,15). The predicted molar refractivity (Wildman–Crippen MR) is 56.6 cm³/mol. The van der Waals surface area contributed by atoms with Crippen molar-refractivity contribution in [1.82, 2.24) is 20.1 Å². The Morgan fingerprint density at radius 2 is 2.47 bits per heavy atom. The Balaban J connectivity index is 2.67. The first kappa shape index (κ1) is 11.9. The molecule has 0 aliphatic carbocycles. The number of aliphatic hydroxyl groups is 1. The van der Waals surface area contributed by atoms with Crippen molar-refractivity contribution >= 4 is 18.1 Å². The molecule has 6 nitrogen and oxygen atoms in total. The van der Waals surface area contributed by atoms with Crippen LogP contribution in [0.1, 0.15) is 19.2 Å². The summed E-state index contributed by atoms with van der Waals surface area (Å²) < 4.78 is 1.81. The number of aromatic amines is 1. The third-order valence-electron chi connectivity index (χ3n) is 1.85. The molecule has 0 radical (unpaired) electrons. The van der Waals surface area contributed by atoms with Gasteiger partial charge in [-0.1, -0.05) is 6.92 Å². The highest BCUT2D eigenvalue weighted by Crippen LogP contribution is 1.97. The molecular weight excluding hydrogens is 216 g/mol. The van der Waals surface area contributed by atoms with Crippen molar-refractivity contribution in [2.45, 2.75) is 26.5 Å². The Morgan fingerprint density at radius 1 is 1.73 bits per heavy atom. The highest BCUT2D eigenvalue weighted by molar-refractivity contribution is 7.71. The fraction of sp³-hybridized carbons (Fsp3) is 0.625. The minimum Gasteiger partial charge on any atom is -0.388 e. The van der Waals surface area contributed by atoms with Crippen LogP contribution in [0.2, 0.25) is 0 Å². The summed E-state index contributed by atoms with van der Waals surface area (Å²) in [5, 5.41) is 18.0. The molecule has 0 spiro atoms. The maximum atomic E-state index is 11.4. The molecule has 1 amide bonds. The maximum Gasteiger partial charge on any atom is 0.240 e. The lowest BCUT2D eigenvalue weighted by molar-refractivity contribution is -0.121. The molecule has 1 rings (SSSR count). The molecule has 7 heteroatoms. The molecule has 0 aliphatic heterocycles. The van der Waals surface area contributed by atoms with E-state index in [4.69, 9.17) is 17.3 Å². The van der Waals surface area contributed by atoms with Crippen LogP contribution in [0.3, 0.4) is 0 Å². The summed E-state index contributed by atoms with van der Waals surface area (Å²) in [6.45, 7) is 2.46. The summed E-state index contributed by atoms with van der Waals surface area (Å²) in [5.41, 5.74) is 0. The first-order valence-electron chi connectivity index (χ1n) is 4.70. The van der Waals surface area contributed by atoms with E-state index >= 15 is 0 Å². The zero-order valence-corrected chi connectivity index (χ0v) is 9.30. The summed E-state index contributed by atoms with van der Waals surface area (Å²) in [5.74, 6) is 0.232. The minimum absolute atomic E-state index is 0.0885. The summed E-state index contributed by atoms with van der Waals surface area (Å²) in [6, 6.07) is 0. The van der Waals surface area contributed by atoms with Gasteiger partial charge >= 0.3 is 0 Å². The van der Waals surface area contributed by atoms with Gasteiger partial charge in [0.2, 0.25) is 5.91 Å². The van der Waals surface area contributed by atoms with Gasteiger partial charge in [-0.05, 0) is 18.6 Å². The molecule has 84 valence electrons. The second kappa shape index (κ2) is 5.62. The lowest BCUT2D eigenvalue weighted by Gasteiger charge is -2.05. The molecule has 1 aromatic rings. The van der Waals surface area contributed by atoms with E-state index in [1.54, 1.807) is 0 Å². The first-order valence-corrected chi connectivity index (χ1v) is 5.11. The van der Waals surface area contributed by atoms with Gasteiger partial charge in [0.15, 0.2) is 10.6 Å². The van der Waals surface area contributed by atoms with Crippen LogP contribution in [0.15, 0.2) is 0 Å². The van der Waals surface area contributed by atoms with Crippen LogP contribution in [0, 0.1) is 4.77 Å². The van der Waals surface area contributed by atoms with E-state index in [0.717, 1.165) is 6.42 Å². The van der Waals surface area contributed by atoms with Crippen LogP contribution >= 0.6 is 12.2 Å². The van der Waals surface area contributed by atoms with E-state index < -0.39 is 0 Å². The highest BCUT2D eigenvalue weighted by atomic mass is 32.1. The number of H-pyrrole nitrogens is 1. The number of carbonyl (C=O) groups excluding carboxylic acids is 1. The smallest absolute Gasteiger partial charge is 0.240 e. The second-order valence-electron chi connectivity index (χ2n) is 3.04. The fourth-order valence-electron chi connectivity index (χ4n) is 1.10. The van der Waals surface area contributed by atoms with Crippen LogP contribution < -0.4 is 5.32 Å². The number of rotatable bonds is 5.